The molecular weight excluding hydrogens is 458 g/mol. The fourth-order valence-corrected chi connectivity index (χ4v) is 5.00. The van der Waals surface area contributed by atoms with E-state index in [9.17, 15) is 18.0 Å². The highest BCUT2D eigenvalue weighted by atomic mass is 79.9. The lowest BCUT2D eigenvalue weighted by atomic mass is 9.98. The van der Waals surface area contributed by atoms with Gasteiger partial charge in [0.1, 0.15) is 0 Å². The fraction of sp³-hybridized carbons (Fsp3) is 0.300. The predicted octanol–water partition coefficient (Wildman–Crippen LogP) is 3.45. The Morgan fingerprint density at radius 1 is 1.00 bits per heavy atom. The van der Waals surface area contributed by atoms with Gasteiger partial charge >= 0.3 is 0 Å². The summed E-state index contributed by atoms with van der Waals surface area (Å²) in [6.45, 7) is 1.97. The zero-order valence-electron chi connectivity index (χ0n) is 15.9. The van der Waals surface area contributed by atoms with E-state index < -0.39 is 15.9 Å². The molecular formula is C20H22BrN3O4S. The number of benzene rings is 2. The van der Waals surface area contributed by atoms with Gasteiger partial charge in [0.25, 0.3) is 0 Å². The molecule has 1 unspecified atom stereocenters. The minimum atomic E-state index is -3.64. The summed E-state index contributed by atoms with van der Waals surface area (Å²) in [6, 6.07) is 13.3. The molecule has 1 aliphatic rings. The van der Waals surface area contributed by atoms with Gasteiger partial charge in [0.05, 0.1) is 10.8 Å². The number of sulfonamides is 1. The van der Waals surface area contributed by atoms with Gasteiger partial charge in [-0.2, -0.15) is 4.31 Å². The van der Waals surface area contributed by atoms with Gasteiger partial charge in [-0.1, -0.05) is 15.9 Å². The van der Waals surface area contributed by atoms with Crippen LogP contribution in [0.4, 0.5) is 11.4 Å². The minimum absolute atomic E-state index is 0.147. The van der Waals surface area contributed by atoms with Crippen molar-refractivity contribution in [1.29, 1.82) is 0 Å². The van der Waals surface area contributed by atoms with Crippen molar-refractivity contribution >= 4 is 49.1 Å². The zero-order chi connectivity index (χ0) is 21.0. The highest BCUT2D eigenvalue weighted by molar-refractivity contribution is 9.10. The van der Waals surface area contributed by atoms with E-state index in [1.54, 1.807) is 48.5 Å². The number of piperidine rings is 1. The van der Waals surface area contributed by atoms with Crippen molar-refractivity contribution in [3.63, 3.8) is 0 Å². The maximum absolute atomic E-state index is 12.9. The summed E-state index contributed by atoms with van der Waals surface area (Å²) in [7, 11) is -3.64. The first kappa shape index (κ1) is 21.5. The van der Waals surface area contributed by atoms with Crippen LogP contribution in [0.1, 0.15) is 19.8 Å². The van der Waals surface area contributed by atoms with Crippen molar-refractivity contribution in [3.8, 4) is 0 Å². The van der Waals surface area contributed by atoms with E-state index in [1.165, 1.54) is 11.2 Å². The first-order valence-electron chi connectivity index (χ1n) is 9.20. The molecule has 9 heteroatoms. The Kier molecular flexibility index (Phi) is 6.71. The Bertz CT molecular complexity index is 991. The average molecular weight is 480 g/mol. The molecule has 3 rings (SSSR count). The Morgan fingerprint density at radius 2 is 1.59 bits per heavy atom. The standard InChI is InChI=1S/C20H22BrN3O4S/c1-14(25)22-17-6-8-18(9-7-17)23-20(26)15-3-2-12-24(13-15)29(27,28)19-10-4-16(21)5-11-19/h4-11,15H,2-3,12-13H2,1H3,(H,22,25)(H,23,26). The quantitative estimate of drug-likeness (QED) is 0.686. The van der Waals surface area contributed by atoms with Crippen LogP contribution < -0.4 is 10.6 Å². The number of rotatable bonds is 5. The number of hydrogen-bond donors (Lipinski definition) is 2. The van der Waals surface area contributed by atoms with Gasteiger partial charge in [-0.25, -0.2) is 8.42 Å². The smallest absolute Gasteiger partial charge is 0.243 e. The van der Waals surface area contributed by atoms with Gasteiger partial charge in [-0.15, -0.1) is 0 Å². The molecule has 0 aromatic heterocycles. The van der Waals surface area contributed by atoms with E-state index in [0.29, 0.717) is 30.8 Å². The normalized spacial score (nSPS) is 17.5. The third-order valence-electron chi connectivity index (χ3n) is 4.68. The van der Waals surface area contributed by atoms with Gasteiger partial charge in [0.15, 0.2) is 0 Å². The number of hydrogen-bond acceptors (Lipinski definition) is 4. The molecule has 0 aliphatic carbocycles. The van der Waals surface area contributed by atoms with Gasteiger partial charge in [0, 0.05) is 35.9 Å². The summed E-state index contributed by atoms with van der Waals surface area (Å²) in [5, 5.41) is 5.49. The molecule has 0 saturated carbocycles. The lowest BCUT2D eigenvalue weighted by Crippen LogP contribution is -2.43. The SMILES string of the molecule is CC(=O)Nc1ccc(NC(=O)C2CCCN(S(=O)(=O)c3ccc(Br)cc3)C2)cc1. The lowest BCUT2D eigenvalue weighted by Gasteiger charge is -2.31. The Hall–Kier alpha value is -2.23. The van der Waals surface area contributed by atoms with Crippen LogP contribution in [-0.2, 0) is 19.6 Å². The number of carbonyl (C=O) groups is 2. The van der Waals surface area contributed by atoms with E-state index >= 15 is 0 Å². The average Bonchev–Trinajstić information content (AvgIpc) is 2.69. The summed E-state index contributed by atoms with van der Waals surface area (Å²) in [5.41, 5.74) is 1.23. The Balaban J connectivity index is 1.66. The number of anilines is 2. The van der Waals surface area contributed by atoms with Gasteiger partial charge < -0.3 is 10.6 Å². The van der Waals surface area contributed by atoms with E-state index in [-0.39, 0.29) is 23.3 Å². The third-order valence-corrected chi connectivity index (χ3v) is 7.09. The molecule has 29 heavy (non-hydrogen) atoms. The minimum Gasteiger partial charge on any atom is -0.326 e. The van der Waals surface area contributed by atoms with Crippen LogP contribution in [0, 0.1) is 5.92 Å². The topological polar surface area (TPSA) is 95.6 Å². The monoisotopic (exact) mass is 479 g/mol. The number of amides is 2. The zero-order valence-corrected chi connectivity index (χ0v) is 18.3. The molecule has 0 radical (unpaired) electrons. The molecule has 2 aromatic rings. The van der Waals surface area contributed by atoms with Crippen molar-refractivity contribution in [1.82, 2.24) is 4.31 Å². The highest BCUT2D eigenvalue weighted by Crippen LogP contribution is 2.26. The first-order valence-corrected chi connectivity index (χ1v) is 11.4. The Morgan fingerprint density at radius 3 is 2.17 bits per heavy atom. The van der Waals surface area contributed by atoms with E-state index in [1.807, 2.05) is 0 Å². The van der Waals surface area contributed by atoms with Crippen LogP contribution in [0.5, 0.6) is 0 Å². The molecule has 1 fully saturated rings. The van der Waals surface area contributed by atoms with Crippen LogP contribution >= 0.6 is 15.9 Å². The van der Waals surface area contributed by atoms with E-state index in [2.05, 4.69) is 26.6 Å². The van der Waals surface area contributed by atoms with Crippen LogP contribution in [0.3, 0.4) is 0 Å². The summed E-state index contributed by atoms with van der Waals surface area (Å²) >= 11 is 3.30. The number of carbonyl (C=O) groups excluding carboxylic acids is 2. The Labute approximate surface area is 178 Å². The summed E-state index contributed by atoms with van der Waals surface area (Å²) in [6.07, 6.45) is 1.25. The summed E-state index contributed by atoms with van der Waals surface area (Å²) < 4.78 is 28.0. The molecule has 2 amide bonds. The lowest BCUT2D eigenvalue weighted by molar-refractivity contribution is -0.121. The summed E-state index contributed by atoms with van der Waals surface area (Å²) in [4.78, 5) is 24.0. The molecule has 7 nitrogen and oxygen atoms in total. The molecule has 2 aromatic carbocycles. The van der Waals surface area contributed by atoms with Crippen molar-refractivity contribution < 1.29 is 18.0 Å². The summed E-state index contributed by atoms with van der Waals surface area (Å²) in [5.74, 6) is -0.812. The molecule has 154 valence electrons. The molecule has 2 N–H and O–H groups in total. The molecule has 1 atom stereocenters. The third kappa shape index (κ3) is 5.43. The molecule has 1 aliphatic heterocycles. The second-order valence-electron chi connectivity index (χ2n) is 6.90. The maximum Gasteiger partial charge on any atom is 0.243 e. The molecule has 1 saturated heterocycles. The largest absolute Gasteiger partial charge is 0.326 e. The fourth-order valence-electron chi connectivity index (χ4n) is 3.21. The number of halogens is 1. The number of nitrogens with one attached hydrogen (secondary N) is 2. The van der Waals surface area contributed by atoms with Crippen LogP contribution in [0.25, 0.3) is 0 Å². The molecule has 0 spiro atoms. The van der Waals surface area contributed by atoms with Gasteiger partial charge in [-0.3, -0.25) is 9.59 Å². The maximum atomic E-state index is 12.9. The van der Waals surface area contributed by atoms with Crippen LogP contribution in [0.15, 0.2) is 57.9 Å². The van der Waals surface area contributed by atoms with Crippen molar-refractivity contribution in [2.75, 3.05) is 23.7 Å². The number of nitrogens with zero attached hydrogens (tertiary/aromatic N) is 1. The predicted molar refractivity (Wildman–Crippen MR) is 115 cm³/mol. The molecule has 1 heterocycles. The van der Waals surface area contributed by atoms with Crippen LogP contribution in [-0.4, -0.2) is 37.6 Å². The van der Waals surface area contributed by atoms with Gasteiger partial charge in [-0.05, 0) is 61.4 Å². The second kappa shape index (κ2) is 9.06. The van der Waals surface area contributed by atoms with Crippen LogP contribution in [0.2, 0.25) is 0 Å². The molecule has 0 bridgehead atoms. The second-order valence-corrected chi connectivity index (χ2v) is 9.76. The first-order chi connectivity index (χ1) is 13.8. The van der Waals surface area contributed by atoms with Crippen molar-refractivity contribution in [2.24, 2.45) is 5.92 Å². The van der Waals surface area contributed by atoms with Crippen molar-refractivity contribution in [2.45, 2.75) is 24.7 Å². The van der Waals surface area contributed by atoms with Gasteiger partial charge in [0.2, 0.25) is 21.8 Å². The van der Waals surface area contributed by atoms with E-state index in [0.717, 1.165) is 4.47 Å². The van der Waals surface area contributed by atoms with Crippen molar-refractivity contribution in [3.05, 3.63) is 53.0 Å². The van der Waals surface area contributed by atoms with E-state index in [4.69, 9.17) is 0 Å². The highest BCUT2D eigenvalue weighted by Gasteiger charge is 2.33.